The number of halogens is 4. The highest BCUT2D eigenvalue weighted by molar-refractivity contribution is 6.65. The molecule has 0 aliphatic heterocycles. The van der Waals surface area contributed by atoms with Crippen LogP contribution in [-0.2, 0) is 9.59 Å². The molecule has 5 fully saturated rings. The van der Waals surface area contributed by atoms with Crippen LogP contribution in [0.3, 0.4) is 0 Å². The maximum atomic E-state index is 13.8. The predicted octanol–water partition coefficient (Wildman–Crippen LogP) is 5.47. The van der Waals surface area contributed by atoms with Crippen molar-refractivity contribution in [2.24, 2.45) is 23.7 Å². The zero-order valence-corrected chi connectivity index (χ0v) is 17.7. The fourth-order valence-corrected chi connectivity index (χ4v) is 9.91. The summed E-state index contributed by atoms with van der Waals surface area (Å²) < 4.78 is 0. The van der Waals surface area contributed by atoms with Crippen molar-refractivity contribution in [3.05, 3.63) is 0 Å². The molecule has 5 rings (SSSR count). The third-order valence-corrected chi connectivity index (χ3v) is 11.6. The Morgan fingerprint density at radius 2 is 0.731 bits per heavy atom. The topological polar surface area (TPSA) is 34.1 Å². The normalized spacial score (nSPS) is 58.8. The lowest BCUT2D eigenvalue weighted by molar-refractivity contribution is -0.175. The lowest BCUT2D eigenvalue weighted by Gasteiger charge is -2.75. The quantitative estimate of drug-likeness (QED) is 0.471. The second-order valence-corrected chi connectivity index (χ2v) is 11.6. The van der Waals surface area contributed by atoms with Crippen LogP contribution in [0.2, 0.25) is 0 Å². The van der Waals surface area contributed by atoms with E-state index in [1.165, 1.54) is 0 Å². The van der Waals surface area contributed by atoms with Gasteiger partial charge in [-0.25, -0.2) is 0 Å². The molecule has 2 nitrogen and oxygen atoms in total. The monoisotopic (exact) mass is 436 g/mol. The van der Waals surface area contributed by atoms with Gasteiger partial charge in [-0.3, -0.25) is 9.59 Å². The Morgan fingerprint density at radius 3 is 1.00 bits per heavy atom. The molecular formula is C20H24Cl4O2. The molecule has 5 saturated carbocycles. The summed E-state index contributed by atoms with van der Waals surface area (Å²) in [5.74, 6) is -0.700. The van der Waals surface area contributed by atoms with E-state index in [2.05, 4.69) is 0 Å². The van der Waals surface area contributed by atoms with E-state index in [9.17, 15) is 9.59 Å². The van der Waals surface area contributed by atoms with Gasteiger partial charge < -0.3 is 0 Å². The molecule has 0 aromatic rings. The third-order valence-electron chi connectivity index (χ3n) is 8.46. The summed E-state index contributed by atoms with van der Waals surface area (Å²) in [5.41, 5.74) is 0. The van der Waals surface area contributed by atoms with E-state index in [1.807, 2.05) is 0 Å². The SMILES string of the molecule is O=C1[C@@]2(Cl)[C@@H]3CCCC[C@H]3[C@@]2(Cl)C(=O)[C@]2(Cl)[C@@H]3CCCCCC[C@@H]3[C@]12Cl. The van der Waals surface area contributed by atoms with Crippen molar-refractivity contribution in [2.75, 3.05) is 0 Å². The second-order valence-electron chi connectivity index (χ2n) is 9.21. The molecule has 0 N–H and O–H groups in total. The molecule has 8 atom stereocenters. The number of alkyl halides is 4. The number of hydrogen-bond donors (Lipinski definition) is 0. The van der Waals surface area contributed by atoms with Crippen LogP contribution in [0.15, 0.2) is 0 Å². The Kier molecular flexibility index (Phi) is 3.96. The summed E-state index contributed by atoms with van der Waals surface area (Å²) in [6.45, 7) is 0. The van der Waals surface area contributed by atoms with Crippen LogP contribution in [0.4, 0.5) is 0 Å². The molecule has 0 amide bonds. The summed E-state index contributed by atoms with van der Waals surface area (Å²) in [7, 11) is 0. The van der Waals surface area contributed by atoms with Gasteiger partial charge in [-0.05, 0) is 49.4 Å². The van der Waals surface area contributed by atoms with E-state index >= 15 is 0 Å². The van der Waals surface area contributed by atoms with Crippen LogP contribution in [0.5, 0.6) is 0 Å². The Hall–Kier alpha value is 0.500. The molecule has 6 heteroatoms. The van der Waals surface area contributed by atoms with Crippen molar-refractivity contribution >= 4 is 58.0 Å². The van der Waals surface area contributed by atoms with Gasteiger partial charge in [0.05, 0.1) is 0 Å². The number of Topliss-reactive ketones (excluding diaryl/α,β-unsaturated/α-hetero) is 2. The first-order chi connectivity index (χ1) is 12.3. The molecule has 0 aromatic heterocycles. The first-order valence-corrected chi connectivity index (χ1v) is 11.6. The molecule has 0 radical (unpaired) electrons. The predicted molar refractivity (Wildman–Crippen MR) is 104 cm³/mol. The van der Waals surface area contributed by atoms with E-state index in [1.54, 1.807) is 0 Å². The largest absolute Gasteiger partial charge is 0.296 e. The lowest BCUT2D eigenvalue weighted by atomic mass is 9.36. The minimum Gasteiger partial charge on any atom is -0.296 e. The first-order valence-electron chi connectivity index (χ1n) is 10.1. The van der Waals surface area contributed by atoms with Gasteiger partial charge in [0.25, 0.3) is 0 Å². The van der Waals surface area contributed by atoms with E-state index < -0.39 is 19.5 Å². The van der Waals surface area contributed by atoms with Gasteiger partial charge in [0.2, 0.25) is 0 Å². The van der Waals surface area contributed by atoms with Crippen molar-refractivity contribution in [1.82, 2.24) is 0 Å². The molecule has 0 unspecified atom stereocenters. The number of rotatable bonds is 0. The maximum absolute atomic E-state index is 13.8. The Balaban J connectivity index is 1.64. The number of carbonyl (C=O) groups is 2. The maximum Gasteiger partial charge on any atom is 0.179 e. The number of hydrogen-bond acceptors (Lipinski definition) is 2. The molecular weight excluding hydrogens is 414 g/mol. The average molecular weight is 438 g/mol. The highest BCUT2D eigenvalue weighted by Gasteiger charge is 2.92. The standard InChI is InChI=1S/C20H24Cl4O2/c21-17-11-7-3-1-2-4-8-12(11)18(17,22)16(26)20(24)14-10-6-5-9-13(14)19(20,23)15(17)25/h11-14H,1-10H2/t11-,12+,13-,14-,17-,18+,19-,20+/m1/s1. The van der Waals surface area contributed by atoms with Gasteiger partial charge in [0.15, 0.2) is 11.6 Å². The minimum atomic E-state index is -1.38. The molecule has 26 heavy (non-hydrogen) atoms. The van der Waals surface area contributed by atoms with Gasteiger partial charge in [0, 0.05) is 0 Å². The molecule has 0 saturated heterocycles. The van der Waals surface area contributed by atoms with Crippen molar-refractivity contribution < 1.29 is 9.59 Å². The fraction of sp³-hybridized carbons (Fsp3) is 0.900. The van der Waals surface area contributed by atoms with Crippen molar-refractivity contribution in [2.45, 2.75) is 83.7 Å². The number of ketones is 2. The van der Waals surface area contributed by atoms with Crippen LogP contribution in [-0.4, -0.2) is 31.1 Å². The second kappa shape index (κ2) is 5.55. The first kappa shape index (κ1) is 18.5. The number of carbonyl (C=O) groups excluding carboxylic acids is 2. The highest BCUT2D eigenvalue weighted by atomic mass is 35.5. The Bertz CT molecular complexity index is 639. The third kappa shape index (κ3) is 1.65. The number of fused-ring (bicyclic) bond motifs is 8. The van der Waals surface area contributed by atoms with Crippen molar-refractivity contribution in [1.29, 1.82) is 0 Å². The van der Waals surface area contributed by atoms with Crippen LogP contribution >= 0.6 is 46.4 Å². The van der Waals surface area contributed by atoms with E-state index in [0.717, 1.165) is 64.2 Å². The molecule has 0 spiro atoms. The van der Waals surface area contributed by atoms with Crippen molar-refractivity contribution in [3.63, 3.8) is 0 Å². The lowest BCUT2D eigenvalue weighted by Crippen LogP contribution is -2.93. The van der Waals surface area contributed by atoms with Gasteiger partial charge in [-0.2, -0.15) is 0 Å². The van der Waals surface area contributed by atoms with Gasteiger partial charge >= 0.3 is 0 Å². The van der Waals surface area contributed by atoms with E-state index in [4.69, 9.17) is 46.4 Å². The van der Waals surface area contributed by atoms with Gasteiger partial charge in [0.1, 0.15) is 19.5 Å². The molecule has 0 heterocycles. The summed E-state index contributed by atoms with van der Waals surface area (Å²) in [5, 5.41) is 0. The average Bonchev–Trinajstić information content (AvgIpc) is 2.63. The zero-order valence-electron chi connectivity index (χ0n) is 14.7. The van der Waals surface area contributed by atoms with Crippen LogP contribution in [0, 0.1) is 23.7 Å². The molecule has 0 aromatic carbocycles. The van der Waals surface area contributed by atoms with Gasteiger partial charge in [-0.15, -0.1) is 46.4 Å². The molecule has 144 valence electrons. The van der Waals surface area contributed by atoms with Crippen LogP contribution in [0.1, 0.15) is 64.2 Å². The van der Waals surface area contributed by atoms with Crippen LogP contribution in [0.25, 0.3) is 0 Å². The summed E-state index contributed by atoms with van der Waals surface area (Å²) in [6, 6.07) is 0. The van der Waals surface area contributed by atoms with E-state index in [-0.39, 0.29) is 35.2 Å². The Morgan fingerprint density at radius 1 is 0.500 bits per heavy atom. The smallest absolute Gasteiger partial charge is 0.179 e. The van der Waals surface area contributed by atoms with Crippen LogP contribution < -0.4 is 0 Å². The summed E-state index contributed by atoms with van der Waals surface area (Å²) >= 11 is 28.0. The van der Waals surface area contributed by atoms with E-state index in [0.29, 0.717) is 0 Å². The highest BCUT2D eigenvalue weighted by Crippen LogP contribution is 2.78. The molecule has 5 aliphatic rings. The molecule has 5 aliphatic carbocycles. The zero-order chi connectivity index (χ0) is 18.5. The summed E-state index contributed by atoms with van der Waals surface area (Å²) in [6.07, 6.45) is 9.77. The minimum absolute atomic E-state index is 0.0451. The Labute approximate surface area is 174 Å². The van der Waals surface area contributed by atoms with Crippen molar-refractivity contribution in [3.8, 4) is 0 Å². The fourth-order valence-electron chi connectivity index (χ4n) is 7.27. The van der Waals surface area contributed by atoms with Gasteiger partial charge in [-0.1, -0.05) is 38.5 Å². The molecule has 0 bridgehead atoms. The summed E-state index contributed by atoms with van der Waals surface area (Å²) in [4.78, 5) is 22.0.